The number of hydrogen-bond acceptors (Lipinski definition) is 6. The molecule has 0 spiro atoms. The van der Waals surface area contributed by atoms with Crippen LogP contribution in [0, 0.1) is 0 Å². The number of nitrogen functional groups attached to an aromatic ring is 1. The fourth-order valence-electron chi connectivity index (χ4n) is 3.08. The van der Waals surface area contributed by atoms with Crippen LogP contribution in [-0.2, 0) is 4.74 Å². The number of methoxy groups -OCH3 is 1. The number of ether oxygens (including phenoxy) is 1. The standard InChI is InChI=1S/C15H16N6O/c1-22-8-11-12(9-4-2-3-6-17-9)21-7-5-10-13(21)14(18-11)20-15(16)19-10/h2-7,11-12H,8H2,1H3,(H3,16,18,19,20)/t11?,12-/m0/s1. The van der Waals surface area contributed by atoms with Crippen molar-refractivity contribution in [3.05, 3.63) is 42.4 Å². The number of pyridine rings is 1. The normalized spacial score (nSPS) is 20.0. The van der Waals surface area contributed by atoms with Gasteiger partial charge in [-0.15, -0.1) is 0 Å². The Hall–Kier alpha value is -2.67. The van der Waals surface area contributed by atoms with E-state index >= 15 is 0 Å². The second-order valence-electron chi connectivity index (χ2n) is 5.29. The Balaban J connectivity index is 1.93. The highest BCUT2D eigenvalue weighted by Crippen LogP contribution is 2.35. The van der Waals surface area contributed by atoms with Gasteiger partial charge in [-0.1, -0.05) is 6.07 Å². The summed E-state index contributed by atoms with van der Waals surface area (Å²) >= 11 is 0. The lowest BCUT2D eigenvalue weighted by atomic mass is 10.0. The molecule has 112 valence electrons. The van der Waals surface area contributed by atoms with Gasteiger partial charge >= 0.3 is 0 Å². The molecule has 0 amide bonds. The van der Waals surface area contributed by atoms with E-state index in [0.717, 1.165) is 22.5 Å². The van der Waals surface area contributed by atoms with E-state index in [4.69, 9.17) is 10.5 Å². The monoisotopic (exact) mass is 296 g/mol. The third-order valence-electron chi connectivity index (χ3n) is 3.92. The number of rotatable bonds is 3. The first-order valence-electron chi connectivity index (χ1n) is 7.08. The smallest absolute Gasteiger partial charge is 0.222 e. The molecule has 1 aliphatic heterocycles. The molecule has 7 nitrogen and oxygen atoms in total. The number of nitrogens with one attached hydrogen (secondary N) is 1. The zero-order chi connectivity index (χ0) is 15.1. The van der Waals surface area contributed by atoms with Crippen LogP contribution in [0.25, 0.3) is 11.0 Å². The van der Waals surface area contributed by atoms with Crippen molar-refractivity contribution < 1.29 is 4.74 Å². The lowest BCUT2D eigenvalue weighted by Gasteiger charge is -2.33. The SMILES string of the molecule is COCC1Nc2nc(N)nc3ccn(c23)[C@H]1c1ccccn1. The Morgan fingerprint density at radius 2 is 2.23 bits per heavy atom. The summed E-state index contributed by atoms with van der Waals surface area (Å²) in [5.74, 6) is 1.00. The number of nitrogens with zero attached hydrogens (tertiary/aromatic N) is 4. The molecular formula is C15H16N6O. The molecule has 3 aromatic heterocycles. The van der Waals surface area contributed by atoms with Gasteiger partial charge in [0.25, 0.3) is 0 Å². The fraction of sp³-hybridized carbons (Fsp3) is 0.267. The van der Waals surface area contributed by atoms with E-state index < -0.39 is 0 Å². The summed E-state index contributed by atoms with van der Waals surface area (Å²) in [6, 6.07) is 7.89. The van der Waals surface area contributed by atoms with E-state index in [-0.39, 0.29) is 18.0 Å². The quantitative estimate of drug-likeness (QED) is 0.760. The first-order chi connectivity index (χ1) is 10.8. The van der Waals surface area contributed by atoms with Crippen LogP contribution < -0.4 is 11.1 Å². The second kappa shape index (κ2) is 4.96. The molecule has 1 unspecified atom stereocenters. The molecule has 0 bridgehead atoms. The van der Waals surface area contributed by atoms with Gasteiger partial charge in [0.2, 0.25) is 5.95 Å². The highest BCUT2D eigenvalue weighted by molar-refractivity contribution is 5.89. The van der Waals surface area contributed by atoms with Crippen molar-refractivity contribution >= 4 is 22.8 Å². The molecule has 3 aromatic rings. The molecule has 0 radical (unpaired) electrons. The minimum atomic E-state index is 0.0114. The Morgan fingerprint density at radius 3 is 3.00 bits per heavy atom. The molecule has 0 aliphatic carbocycles. The third kappa shape index (κ3) is 1.90. The topological polar surface area (TPSA) is 90.9 Å². The lowest BCUT2D eigenvalue weighted by Crippen LogP contribution is -2.39. The first-order valence-corrected chi connectivity index (χ1v) is 7.08. The van der Waals surface area contributed by atoms with Crippen molar-refractivity contribution in [1.29, 1.82) is 0 Å². The van der Waals surface area contributed by atoms with E-state index in [0.29, 0.717) is 6.61 Å². The summed E-state index contributed by atoms with van der Waals surface area (Å²) < 4.78 is 7.52. The van der Waals surface area contributed by atoms with Crippen molar-refractivity contribution in [2.24, 2.45) is 0 Å². The largest absolute Gasteiger partial charge is 0.382 e. The van der Waals surface area contributed by atoms with Crippen molar-refractivity contribution in [2.45, 2.75) is 12.1 Å². The van der Waals surface area contributed by atoms with Crippen LogP contribution >= 0.6 is 0 Å². The maximum absolute atomic E-state index is 5.78. The summed E-state index contributed by atoms with van der Waals surface area (Å²) in [4.78, 5) is 13.1. The van der Waals surface area contributed by atoms with Gasteiger partial charge in [-0.25, -0.2) is 4.98 Å². The molecule has 3 N–H and O–H groups in total. The summed E-state index contributed by atoms with van der Waals surface area (Å²) in [5, 5.41) is 3.42. The molecule has 0 saturated carbocycles. The van der Waals surface area contributed by atoms with Gasteiger partial charge in [-0.3, -0.25) is 4.98 Å². The van der Waals surface area contributed by atoms with Crippen molar-refractivity contribution in [3.8, 4) is 0 Å². The average molecular weight is 296 g/mol. The van der Waals surface area contributed by atoms with Gasteiger partial charge < -0.3 is 20.4 Å². The van der Waals surface area contributed by atoms with E-state index in [2.05, 4.69) is 24.8 Å². The summed E-state index contributed by atoms with van der Waals surface area (Å²) in [7, 11) is 1.69. The number of anilines is 2. The van der Waals surface area contributed by atoms with E-state index in [1.54, 1.807) is 13.3 Å². The maximum Gasteiger partial charge on any atom is 0.222 e. The third-order valence-corrected chi connectivity index (χ3v) is 3.92. The molecule has 1 aliphatic rings. The highest BCUT2D eigenvalue weighted by Gasteiger charge is 2.33. The van der Waals surface area contributed by atoms with Crippen LogP contribution in [0.5, 0.6) is 0 Å². The second-order valence-corrected chi connectivity index (χ2v) is 5.29. The number of aromatic nitrogens is 4. The predicted molar refractivity (Wildman–Crippen MR) is 83.6 cm³/mol. The summed E-state index contributed by atoms with van der Waals surface area (Å²) in [6.45, 7) is 0.532. The Kier molecular flexibility index (Phi) is 2.93. The van der Waals surface area contributed by atoms with Gasteiger partial charge in [0, 0.05) is 19.5 Å². The van der Waals surface area contributed by atoms with Gasteiger partial charge in [0.15, 0.2) is 5.82 Å². The number of nitrogens with two attached hydrogens (primary N) is 1. The van der Waals surface area contributed by atoms with Gasteiger partial charge in [-0.2, -0.15) is 4.98 Å². The van der Waals surface area contributed by atoms with E-state index in [1.807, 2.05) is 30.5 Å². The van der Waals surface area contributed by atoms with Crippen molar-refractivity contribution in [2.75, 3.05) is 24.8 Å². The lowest BCUT2D eigenvalue weighted by molar-refractivity contribution is 0.171. The Labute approximate surface area is 127 Å². The zero-order valence-corrected chi connectivity index (χ0v) is 12.1. The van der Waals surface area contributed by atoms with Crippen LogP contribution in [0.1, 0.15) is 11.7 Å². The molecule has 22 heavy (non-hydrogen) atoms. The minimum absolute atomic E-state index is 0.0114. The Morgan fingerprint density at radius 1 is 1.32 bits per heavy atom. The van der Waals surface area contributed by atoms with Crippen LogP contribution in [0.2, 0.25) is 0 Å². The summed E-state index contributed by atoms with van der Waals surface area (Å²) in [6.07, 6.45) is 3.81. The van der Waals surface area contributed by atoms with E-state index in [1.165, 1.54) is 0 Å². The summed E-state index contributed by atoms with van der Waals surface area (Å²) in [5.41, 5.74) is 8.52. The molecule has 2 atom stereocenters. The van der Waals surface area contributed by atoms with Crippen molar-refractivity contribution in [3.63, 3.8) is 0 Å². The molecule has 0 fully saturated rings. The van der Waals surface area contributed by atoms with Crippen LogP contribution in [-0.4, -0.2) is 39.3 Å². The average Bonchev–Trinajstić information content (AvgIpc) is 2.93. The van der Waals surface area contributed by atoms with E-state index in [9.17, 15) is 0 Å². The number of hydrogen-bond donors (Lipinski definition) is 2. The molecule has 0 saturated heterocycles. The molecule has 0 aromatic carbocycles. The zero-order valence-electron chi connectivity index (χ0n) is 12.1. The van der Waals surface area contributed by atoms with Crippen LogP contribution in [0.3, 0.4) is 0 Å². The van der Waals surface area contributed by atoms with Gasteiger partial charge in [-0.05, 0) is 18.2 Å². The molecule has 7 heteroatoms. The van der Waals surface area contributed by atoms with Gasteiger partial charge in [0.1, 0.15) is 5.52 Å². The van der Waals surface area contributed by atoms with Crippen LogP contribution in [0.4, 0.5) is 11.8 Å². The van der Waals surface area contributed by atoms with Crippen LogP contribution in [0.15, 0.2) is 36.7 Å². The van der Waals surface area contributed by atoms with Crippen molar-refractivity contribution in [1.82, 2.24) is 19.5 Å². The minimum Gasteiger partial charge on any atom is -0.382 e. The Bertz CT molecular complexity index is 816. The molecule has 4 heterocycles. The molecule has 4 rings (SSSR count). The fourth-order valence-corrected chi connectivity index (χ4v) is 3.08. The maximum atomic E-state index is 5.78. The predicted octanol–water partition coefficient (Wildman–Crippen LogP) is 1.44. The first kappa shape index (κ1) is 13.0. The molecular weight excluding hydrogens is 280 g/mol. The highest BCUT2D eigenvalue weighted by atomic mass is 16.5. The van der Waals surface area contributed by atoms with Gasteiger partial charge in [0.05, 0.1) is 29.9 Å².